The van der Waals surface area contributed by atoms with E-state index in [1.165, 1.54) is 0 Å². The lowest BCUT2D eigenvalue weighted by Gasteiger charge is -2.13. The molecule has 1 unspecified atom stereocenters. The van der Waals surface area contributed by atoms with Crippen LogP contribution in [0.25, 0.3) is 0 Å². The third-order valence-electron chi connectivity index (χ3n) is 3.11. The fourth-order valence-electron chi connectivity index (χ4n) is 2.18. The third-order valence-corrected chi connectivity index (χ3v) is 3.11. The Morgan fingerprint density at radius 3 is 2.78 bits per heavy atom. The summed E-state index contributed by atoms with van der Waals surface area (Å²) in [6.07, 6.45) is 4.74. The summed E-state index contributed by atoms with van der Waals surface area (Å²) in [5, 5.41) is 4.27. The Balaban J connectivity index is 2.16. The van der Waals surface area contributed by atoms with E-state index in [2.05, 4.69) is 17.4 Å². The van der Waals surface area contributed by atoms with Crippen LogP contribution in [0.5, 0.6) is 0 Å². The monoisotopic (exact) mass is 248 g/mol. The zero-order chi connectivity index (χ0) is 13.1. The predicted molar refractivity (Wildman–Crippen MR) is 69.9 cm³/mol. The molecule has 2 heterocycles. The molecule has 2 aromatic rings. The Morgan fingerprint density at radius 2 is 2.28 bits per heavy atom. The van der Waals surface area contributed by atoms with Crippen molar-refractivity contribution < 1.29 is 4.42 Å². The minimum atomic E-state index is 0.0527. The summed E-state index contributed by atoms with van der Waals surface area (Å²) >= 11 is 0. The van der Waals surface area contributed by atoms with Crippen LogP contribution in [0.15, 0.2) is 22.9 Å². The minimum absolute atomic E-state index is 0.0527. The van der Waals surface area contributed by atoms with Gasteiger partial charge in [0.05, 0.1) is 12.2 Å². The zero-order valence-electron chi connectivity index (χ0n) is 11.1. The van der Waals surface area contributed by atoms with Gasteiger partial charge in [-0.3, -0.25) is 16.0 Å². The van der Waals surface area contributed by atoms with Crippen LogP contribution in [0.2, 0.25) is 0 Å². The van der Waals surface area contributed by atoms with Gasteiger partial charge in [0.15, 0.2) is 0 Å². The average Bonchev–Trinajstić information content (AvgIpc) is 2.92. The number of nitrogens with one attached hydrogen (secondary N) is 1. The van der Waals surface area contributed by atoms with E-state index in [0.717, 1.165) is 35.6 Å². The van der Waals surface area contributed by atoms with E-state index in [0.29, 0.717) is 0 Å². The first-order valence-electron chi connectivity index (χ1n) is 6.18. The average molecular weight is 248 g/mol. The Morgan fingerprint density at radius 1 is 1.50 bits per heavy atom. The van der Waals surface area contributed by atoms with Gasteiger partial charge in [-0.25, -0.2) is 0 Å². The smallest absolute Gasteiger partial charge is 0.105 e. The molecule has 0 saturated carbocycles. The van der Waals surface area contributed by atoms with Gasteiger partial charge >= 0.3 is 0 Å². The molecule has 0 aliphatic heterocycles. The third kappa shape index (κ3) is 2.63. The van der Waals surface area contributed by atoms with E-state index in [1.807, 2.05) is 37.0 Å². The van der Waals surface area contributed by atoms with Crippen molar-refractivity contribution in [1.29, 1.82) is 0 Å². The number of aromatic nitrogens is 2. The van der Waals surface area contributed by atoms with Crippen LogP contribution < -0.4 is 11.3 Å². The summed E-state index contributed by atoms with van der Waals surface area (Å²) in [5.74, 6) is 7.48. The second-order valence-corrected chi connectivity index (χ2v) is 4.50. The van der Waals surface area contributed by atoms with Crippen LogP contribution in [0.4, 0.5) is 0 Å². The molecule has 5 heteroatoms. The summed E-state index contributed by atoms with van der Waals surface area (Å²) in [6, 6.07) is 2.08. The molecule has 0 aliphatic rings. The molecule has 0 aliphatic carbocycles. The molecule has 2 aromatic heterocycles. The molecular formula is C13H20N4O. The van der Waals surface area contributed by atoms with Crippen molar-refractivity contribution in [2.75, 3.05) is 0 Å². The van der Waals surface area contributed by atoms with Gasteiger partial charge in [0.1, 0.15) is 11.5 Å². The quantitative estimate of drug-likeness (QED) is 0.626. The van der Waals surface area contributed by atoms with Crippen molar-refractivity contribution >= 4 is 0 Å². The molecule has 0 aromatic carbocycles. The highest BCUT2D eigenvalue weighted by molar-refractivity contribution is 5.26. The van der Waals surface area contributed by atoms with E-state index >= 15 is 0 Å². The summed E-state index contributed by atoms with van der Waals surface area (Å²) in [7, 11) is 0. The van der Waals surface area contributed by atoms with Gasteiger partial charge in [0.25, 0.3) is 0 Å². The van der Waals surface area contributed by atoms with E-state index in [1.54, 1.807) is 0 Å². The Labute approximate surface area is 107 Å². The predicted octanol–water partition coefficient (Wildman–Crippen LogP) is 1.86. The van der Waals surface area contributed by atoms with Crippen LogP contribution in [0.1, 0.15) is 35.6 Å². The minimum Gasteiger partial charge on any atom is -0.466 e. The highest BCUT2D eigenvalue weighted by Crippen LogP contribution is 2.24. The van der Waals surface area contributed by atoms with Gasteiger partial charge in [-0.1, -0.05) is 0 Å². The molecule has 0 amide bonds. The molecule has 18 heavy (non-hydrogen) atoms. The molecule has 98 valence electrons. The van der Waals surface area contributed by atoms with Crippen molar-refractivity contribution in [3.05, 3.63) is 41.1 Å². The van der Waals surface area contributed by atoms with Crippen LogP contribution in [0.3, 0.4) is 0 Å². The van der Waals surface area contributed by atoms with Crippen molar-refractivity contribution in [1.82, 2.24) is 15.2 Å². The largest absolute Gasteiger partial charge is 0.466 e. The van der Waals surface area contributed by atoms with Crippen molar-refractivity contribution in [3.63, 3.8) is 0 Å². The number of nitrogens with zero attached hydrogens (tertiary/aromatic N) is 2. The topological polar surface area (TPSA) is 69.0 Å². The number of aryl methyl sites for hydroxylation is 3. The summed E-state index contributed by atoms with van der Waals surface area (Å²) in [4.78, 5) is 0. The van der Waals surface area contributed by atoms with E-state index in [9.17, 15) is 0 Å². The number of furan rings is 1. The van der Waals surface area contributed by atoms with Crippen molar-refractivity contribution in [2.24, 2.45) is 5.84 Å². The lowest BCUT2D eigenvalue weighted by Crippen LogP contribution is -2.29. The summed E-state index contributed by atoms with van der Waals surface area (Å²) < 4.78 is 7.46. The van der Waals surface area contributed by atoms with Crippen molar-refractivity contribution in [2.45, 2.75) is 39.8 Å². The fourth-order valence-corrected chi connectivity index (χ4v) is 2.18. The van der Waals surface area contributed by atoms with Crippen LogP contribution in [-0.4, -0.2) is 9.78 Å². The lowest BCUT2D eigenvalue weighted by atomic mass is 10.0. The van der Waals surface area contributed by atoms with Crippen LogP contribution in [-0.2, 0) is 13.0 Å². The van der Waals surface area contributed by atoms with E-state index in [-0.39, 0.29) is 6.04 Å². The number of hydrazine groups is 1. The molecule has 0 radical (unpaired) electrons. The standard InChI is InChI=1S/C13H20N4O/c1-4-17-8-11(7-15-17)6-13(16-14)12-5-9(2)18-10(12)3/h5,7-8,13,16H,4,6,14H2,1-3H3. The number of hydrogen-bond donors (Lipinski definition) is 2. The first-order chi connectivity index (χ1) is 8.63. The normalized spacial score (nSPS) is 12.9. The summed E-state index contributed by atoms with van der Waals surface area (Å²) in [5.41, 5.74) is 5.13. The van der Waals surface area contributed by atoms with Crippen LogP contribution in [0, 0.1) is 13.8 Å². The maximum Gasteiger partial charge on any atom is 0.105 e. The molecule has 1 atom stereocenters. The second kappa shape index (κ2) is 5.37. The first-order valence-corrected chi connectivity index (χ1v) is 6.18. The Bertz CT molecular complexity index is 515. The lowest BCUT2D eigenvalue weighted by molar-refractivity contribution is 0.484. The van der Waals surface area contributed by atoms with Gasteiger partial charge < -0.3 is 4.42 Å². The second-order valence-electron chi connectivity index (χ2n) is 4.50. The Hall–Kier alpha value is -1.59. The maximum absolute atomic E-state index is 5.65. The van der Waals surface area contributed by atoms with Crippen LogP contribution >= 0.6 is 0 Å². The molecule has 5 nitrogen and oxygen atoms in total. The number of rotatable bonds is 5. The van der Waals surface area contributed by atoms with Gasteiger partial charge in [0, 0.05) is 18.3 Å². The SMILES string of the molecule is CCn1cc(CC(NN)c2cc(C)oc2C)cn1. The van der Waals surface area contributed by atoms with Gasteiger partial charge in [-0.15, -0.1) is 0 Å². The highest BCUT2D eigenvalue weighted by Gasteiger charge is 2.17. The molecule has 0 spiro atoms. The number of nitrogens with two attached hydrogens (primary N) is 1. The zero-order valence-corrected chi connectivity index (χ0v) is 11.1. The molecule has 0 bridgehead atoms. The maximum atomic E-state index is 5.65. The molecule has 0 saturated heterocycles. The van der Waals surface area contributed by atoms with Crippen molar-refractivity contribution in [3.8, 4) is 0 Å². The van der Waals surface area contributed by atoms with Gasteiger partial charge in [-0.2, -0.15) is 5.10 Å². The summed E-state index contributed by atoms with van der Waals surface area (Å²) in [6.45, 7) is 6.85. The molecular weight excluding hydrogens is 228 g/mol. The van der Waals surface area contributed by atoms with Gasteiger partial charge in [-0.05, 0) is 38.8 Å². The van der Waals surface area contributed by atoms with Gasteiger partial charge in [0.2, 0.25) is 0 Å². The molecule has 2 rings (SSSR count). The highest BCUT2D eigenvalue weighted by atomic mass is 16.3. The fraction of sp³-hybridized carbons (Fsp3) is 0.462. The van der Waals surface area contributed by atoms with E-state index in [4.69, 9.17) is 10.3 Å². The molecule has 0 fully saturated rings. The number of hydrogen-bond acceptors (Lipinski definition) is 4. The first kappa shape index (κ1) is 12.9. The van der Waals surface area contributed by atoms with E-state index < -0.39 is 0 Å². The Kier molecular flexibility index (Phi) is 3.84. The molecule has 3 N–H and O–H groups in total.